The fourth-order valence-corrected chi connectivity index (χ4v) is 5.92. The van der Waals surface area contributed by atoms with Crippen molar-refractivity contribution in [3.8, 4) is 16.3 Å². The number of unbranched alkanes of at least 4 members (excludes halogenated alkanes) is 2. The number of pyridine rings is 1. The Morgan fingerprint density at radius 2 is 1.70 bits per heavy atom. The van der Waals surface area contributed by atoms with E-state index >= 15 is 0 Å². The molecule has 0 radical (unpaired) electrons. The lowest BCUT2D eigenvalue weighted by Crippen LogP contribution is -2.29. The Bertz CT molecular complexity index is 1490. The second kappa shape index (κ2) is 11.0. The van der Waals surface area contributed by atoms with Gasteiger partial charge in [0.15, 0.2) is 0 Å². The van der Waals surface area contributed by atoms with Gasteiger partial charge in [-0.15, -0.1) is 11.3 Å². The lowest BCUT2D eigenvalue weighted by Gasteiger charge is -2.32. The van der Waals surface area contributed by atoms with E-state index in [0.717, 1.165) is 64.2 Å². The van der Waals surface area contributed by atoms with Crippen LogP contribution in [0.4, 0.5) is 0 Å². The fraction of sp³-hybridized carbons (Fsp3) is 0.281. The minimum absolute atomic E-state index is 0.472. The number of aromatic nitrogens is 1. The van der Waals surface area contributed by atoms with Crippen LogP contribution in [0.25, 0.3) is 32.1 Å². The number of thiophene rings is 1. The van der Waals surface area contributed by atoms with Gasteiger partial charge in [0.1, 0.15) is 5.60 Å². The number of hydrogen-bond acceptors (Lipinski definition) is 5. The molecule has 0 aliphatic rings. The topological polar surface area (TPSA) is 45.6 Å². The minimum Gasteiger partial charge on any atom is -0.481 e. The zero-order valence-electron chi connectivity index (χ0n) is 21.8. The van der Waals surface area contributed by atoms with Gasteiger partial charge < -0.3 is 14.7 Å². The number of fused-ring (bicyclic) bond motifs is 2. The minimum atomic E-state index is -1.25. The molecular formula is C32H34N2O2S. The molecule has 37 heavy (non-hydrogen) atoms. The Hall–Kier alpha value is -3.25. The third-order valence-corrected chi connectivity index (χ3v) is 8.02. The molecule has 2 heterocycles. The van der Waals surface area contributed by atoms with Crippen LogP contribution in [0.15, 0.2) is 84.2 Å². The summed E-state index contributed by atoms with van der Waals surface area (Å²) in [7, 11) is 5.84. The molecular weight excluding hydrogens is 476 g/mol. The Kier molecular flexibility index (Phi) is 7.56. The molecule has 0 saturated heterocycles. The quantitative estimate of drug-likeness (QED) is 0.198. The van der Waals surface area contributed by atoms with Crippen molar-refractivity contribution < 1.29 is 9.84 Å². The number of nitrogens with zero attached hydrogens (tertiary/aromatic N) is 2. The van der Waals surface area contributed by atoms with Crippen LogP contribution in [0.5, 0.6) is 5.88 Å². The first-order valence-electron chi connectivity index (χ1n) is 12.9. The maximum Gasteiger partial charge on any atom is 0.220 e. The van der Waals surface area contributed by atoms with E-state index in [1.54, 1.807) is 18.4 Å². The highest BCUT2D eigenvalue weighted by Crippen LogP contribution is 2.43. The molecule has 5 rings (SSSR count). The van der Waals surface area contributed by atoms with E-state index < -0.39 is 5.60 Å². The van der Waals surface area contributed by atoms with Gasteiger partial charge in [-0.3, -0.25) is 0 Å². The van der Waals surface area contributed by atoms with Crippen molar-refractivity contribution in [2.45, 2.75) is 31.3 Å². The molecule has 4 nitrogen and oxygen atoms in total. The van der Waals surface area contributed by atoms with Crippen molar-refractivity contribution in [2.24, 2.45) is 0 Å². The summed E-state index contributed by atoms with van der Waals surface area (Å²) in [5.41, 5.74) is 2.37. The van der Waals surface area contributed by atoms with Gasteiger partial charge in [-0.25, -0.2) is 4.98 Å². The lowest BCUT2D eigenvalue weighted by molar-refractivity contribution is 0.0660. The largest absolute Gasteiger partial charge is 0.481 e. The van der Waals surface area contributed by atoms with E-state index in [1.165, 1.54) is 4.88 Å². The predicted molar refractivity (Wildman–Crippen MR) is 156 cm³/mol. The lowest BCUT2D eigenvalue weighted by atomic mass is 9.79. The number of hydrogen-bond donors (Lipinski definition) is 1. The molecule has 190 valence electrons. The van der Waals surface area contributed by atoms with Gasteiger partial charge in [0.2, 0.25) is 5.88 Å². The van der Waals surface area contributed by atoms with Crippen molar-refractivity contribution in [3.05, 3.63) is 95.4 Å². The summed E-state index contributed by atoms with van der Waals surface area (Å²) in [4.78, 5) is 8.29. The summed E-state index contributed by atoms with van der Waals surface area (Å²) < 4.78 is 5.82. The fourth-order valence-electron chi connectivity index (χ4n) is 5.19. The van der Waals surface area contributed by atoms with Crippen molar-refractivity contribution in [3.63, 3.8) is 0 Å². The van der Waals surface area contributed by atoms with E-state index in [4.69, 9.17) is 9.72 Å². The third-order valence-electron chi connectivity index (χ3n) is 7.10. The third kappa shape index (κ3) is 5.26. The molecule has 0 spiro atoms. The SMILES string of the molecule is COc1nc2ccc(-c3cccs3)cc2cc1C(O)(CCCCCN(C)C)c1cccc2ccccc12. The van der Waals surface area contributed by atoms with Crippen molar-refractivity contribution in [2.75, 3.05) is 27.7 Å². The van der Waals surface area contributed by atoms with E-state index in [0.29, 0.717) is 12.3 Å². The average molecular weight is 511 g/mol. The van der Waals surface area contributed by atoms with Crippen LogP contribution in [0, 0.1) is 0 Å². The molecule has 0 aliphatic carbocycles. The van der Waals surface area contributed by atoms with Crippen LogP contribution in [0.2, 0.25) is 0 Å². The van der Waals surface area contributed by atoms with E-state index in [9.17, 15) is 5.11 Å². The molecule has 5 aromatic rings. The molecule has 0 amide bonds. The van der Waals surface area contributed by atoms with Gasteiger partial charge in [0.25, 0.3) is 0 Å². The Labute approximate surface area is 223 Å². The maximum absolute atomic E-state index is 12.7. The number of benzene rings is 3. The molecule has 0 bridgehead atoms. The summed E-state index contributed by atoms with van der Waals surface area (Å²) in [6, 6.07) is 27.0. The highest BCUT2D eigenvalue weighted by Gasteiger charge is 2.36. The van der Waals surface area contributed by atoms with Crippen LogP contribution < -0.4 is 4.74 Å². The number of ether oxygens (including phenoxy) is 1. The zero-order valence-corrected chi connectivity index (χ0v) is 22.6. The predicted octanol–water partition coefficient (Wildman–Crippen LogP) is 7.48. The van der Waals surface area contributed by atoms with E-state index in [1.807, 2.05) is 30.3 Å². The van der Waals surface area contributed by atoms with Crippen LogP contribution in [-0.4, -0.2) is 42.7 Å². The monoisotopic (exact) mass is 510 g/mol. The first kappa shape index (κ1) is 25.4. The maximum atomic E-state index is 12.7. The van der Waals surface area contributed by atoms with Crippen LogP contribution in [-0.2, 0) is 5.60 Å². The number of rotatable bonds is 10. The summed E-state index contributed by atoms with van der Waals surface area (Å²) in [6.45, 7) is 1.04. The molecule has 1 atom stereocenters. The molecule has 1 unspecified atom stereocenters. The number of methoxy groups -OCH3 is 1. The number of aliphatic hydroxyl groups is 1. The molecule has 1 N–H and O–H groups in total. The summed E-state index contributed by atoms with van der Waals surface area (Å²) in [5, 5.41) is 17.9. The normalized spacial score (nSPS) is 13.3. The van der Waals surface area contributed by atoms with Crippen LogP contribution >= 0.6 is 11.3 Å². The Morgan fingerprint density at radius 1 is 0.865 bits per heavy atom. The highest BCUT2D eigenvalue weighted by atomic mass is 32.1. The second-order valence-electron chi connectivity index (χ2n) is 9.93. The van der Waals surface area contributed by atoms with E-state index in [-0.39, 0.29) is 0 Å². The van der Waals surface area contributed by atoms with Gasteiger partial charge >= 0.3 is 0 Å². The van der Waals surface area contributed by atoms with Crippen molar-refractivity contribution >= 4 is 33.0 Å². The smallest absolute Gasteiger partial charge is 0.220 e. The summed E-state index contributed by atoms with van der Waals surface area (Å²) in [6.07, 6.45) is 3.61. The molecule has 0 fully saturated rings. The Morgan fingerprint density at radius 3 is 2.49 bits per heavy atom. The first-order chi connectivity index (χ1) is 18.0. The molecule has 5 heteroatoms. The molecule has 2 aromatic heterocycles. The van der Waals surface area contributed by atoms with Gasteiger partial charge in [-0.05, 0) is 91.4 Å². The van der Waals surface area contributed by atoms with Gasteiger partial charge in [-0.1, -0.05) is 61.0 Å². The average Bonchev–Trinajstić information content (AvgIpc) is 3.46. The van der Waals surface area contributed by atoms with Crippen LogP contribution in [0.1, 0.15) is 36.8 Å². The summed E-state index contributed by atoms with van der Waals surface area (Å²) >= 11 is 1.72. The highest BCUT2D eigenvalue weighted by molar-refractivity contribution is 7.13. The Balaban J connectivity index is 1.64. The second-order valence-corrected chi connectivity index (χ2v) is 10.9. The first-order valence-corrected chi connectivity index (χ1v) is 13.8. The van der Waals surface area contributed by atoms with Crippen molar-refractivity contribution in [1.82, 2.24) is 9.88 Å². The molecule has 3 aromatic carbocycles. The van der Waals surface area contributed by atoms with Gasteiger partial charge in [0, 0.05) is 10.3 Å². The van der Waals surface area contributed by atoms with Gasteiger partial charge in [0.05, 0.1) is 18.2 Å². The molecule has 0 saturated carbocycles. The van der Waals surface area contributed by atoms with Crippen LogP contribution in [0.3, 0.4) is 0 Å². The van der Waals surface area contributed by atoms with Gasteiger partial charge in [-0.2, -0.15) is 0 Å². The van der Waals surface area contributed by atoms with E-state index in [2.05, 4.69) is 72.9 Å². The summed E-state index contributed by atoms with van der Waals surface area (Å²) in [5.74, 6) is 0.472. The standard InChI is InChI=1S/C32H34N2O2S/c1-34(2)19-8-4-7-18-32(35,27-14-9-12-23-11-5-6-13-26(23)27)28-22-25-21-24(30-15-10-20-37-30)16-17-29(25)33-31(28)36-3/h5-6,9-17,20-22,35H,4,7-8,18-19H2,1-3H3. The molecule has 0 aliphatic heterocycles. The zero-order chi connectivity index (χ0) is 25.8. The van der Waals surface area contributed by atoms with Crippen molar-refractivity contribution in [1.29, 1.82) is 0 Å².